The second-order valence-corrected chi connectivity index (χ2v) is 4.50. The van der Waals surface area contributed by atoms with Crippen LogP contribution in [0.5, 0.6) is 0 Å². The van der Waals surface area contributed by atoms with Crippen LogP contribution in [0.15, 0.2) is 12.7 Å². The summed E-state index contributed by atoms with van der Waals surface area (Å²) in [5, 5.41) is 0. The zero-order chi connectivity index (χ0) is 12.6. The highest BCUT2D eigenvalue weighted by molar-refractivity contribution is 5.81. The molecule has 0 atom stereocenters. The van der Waals surface area contributed by atoms with Gasteiger partial charge in [0.15, 0.2) is 0 Å². The fourth-order valence-corrected chi connectivity index (χ4v) is 1.74. The predicted octanol–water partition coefficient (Wildman–Crippen LogP) is 2.61. The Bertz CT molecular complexity index is 204. The van der Waals surface area contributed by atoms with Crippen LogP contribution in [-0.4, -0.2) is 36.1 Å². The van der Waals surface area contributed by atoms with Gasteiger partial charge >= 0.3 is 5.97 Å². The molecule has 0 saturated heterocycles. The van der Waals surface area contributed by atoms with Gasteiger partial charge in [0.25, 0.3) is 0 Å². The average molecular weight is 227 g/mol. The van der Waals surface area contributed by atoms with Crippen LogP contribution in [-0.2, 0) is 9.53 Å². The lowest BCUT2D eigenvalue weighted by Gasteiger charge is -2.30. The first-order valence-corrected chi connectivity index (χ1v) is 6.04. The molecule has 3 heteroatoms. The molecule has 0 N–H and O–H groups in total. The Hall–Kier alpha value is -0.830. The number of carbonyl (C=O) groups is 1. The lowest BCUT2D eigenvalue weighted by atomic mass is 10.2. The Balaban J connectivity index is 3.63. The Kier molecular flexibility index (Phi) is 7.90. The number of ether oxygens (including phenoxy) is 1. The van der Waals surface area contributed by atoms with E-state index in [0.29, 0.717) is 18.7 Å². The average Bonchev–Trinajstić information content (AvgIpc) is 2.21. The zero-order valence-corrected chi connectivity index (χ0v) is 11.0. The minimum atomic E-state index is -0.329. The van der Waals surface area contributed by atoms with Crippen molar-refractivity contribution in [1.29, 1.82) is 0 Å². The van der Waals surface area contributed by atoms with E-state index in [1.807, 2.05) is 0 Å². The molecular formula is C13H25NO2. The summed E-state index contributed by atoms with van der Waals surface area (Å²) >= 11 is 0. The molecule has 0 rings (SSSR count). The fraction of sp³-hybridized carbons (Fsp3) is 0.769. The van der Waals surface area contributed by atoms with Gasteiger partial charge in [0.2, 0.25) is 0 Å². The molecule has 0 fully saturated rings. The molecule has 0 radical (unpaired) electrons. The van der Waals surface area contributed by atoms with Gasteiger partial charge in [-0.1, -0.05) is 6.58 Å². The van der Waals surface area contributed by atoms with Crippen LogP contribution in [0, 0.1) is 0 Å². The highest BCUT2D eigenvalue weighted by Gasteiger charge is 2.12. The number of carbonyl (C=O) groups excluding carboxylic acids is 1. The van der Waals surface area contributed by atoms with Gasteiger partial charge in [-0.2, -0.15) is 0 Å². The zero-order valence-electron chi connectivity index (χ0n) is 11.0. The summed E-state index contributed by atoms with van der Waals surface area (Å²) in [7, 11) is 0. The molecule has 0 unspecified atom stereocenters. The molecule has 0 aromatic rings. The van der Waals surface area contributed by atoms with E-state index >= 15 is 0 Å². The second kappa shape index (κ2) is 8.34. The van der Waals surface area contributed by atoms with Crippen molar-refractivity contribution in [2.45, 2.75) is 52.6 Å². The van der Waals surface area contributed by atoms with Crippen molar-refractivity contribution < 1.29 is 9.53 Å². The second-order valence-electron chi connectivity index (χ2n) is 4.50. The summed E-state index contributed by atoms with van der Waals surface area (Å²) in [4.78, 5) is 13.2. The summed E-state index contributed by atoms with van der Waals surface area (Å²) in [5.41, 5.74) is 0. The van der Waals surface area contributed by atoms with Crippen molar-refractivity contribution in [2.75, 3.05) is 13.2 Å². The van der Waals surface area contributed by atoms with Gasteiger partial charge in [-0.25, -0.2) is 4.79 Å². The Morgan fingerprint density at radius 3 is 2.25 bits per heavy atom. The van der Waals surface area contributed by atoms with Crippen molar-refractivity contribution in [3.63, 3.8) is 0 Å². The van der Waals surface area contributed by atoms with E-state index in [0.717, 1.165) is 19.4 Å². The van der Waals surface area contributed by atoms with Crippen molar-refractivity contribution in [2.24, 2.45) is 0 Å². The number of nitrogens with zero attached hydrogens (tertiary/aromatic N) is 1. The topological polar surface area (TPSA) is 29.5 Å². The highest BCUT2D eigenvalue weighted by atomic mass is 16.5. The van der Waals surface area contributed by atoms with Gasteiger partial charge in [0.05, 0.1) is 6.61 Å². The van der Waals surface area contributed by atoms with Crippen molar-refractivity contribution >= 4 is 5.97 Å². The van der Waals surface area contributed by atoms with E-state index in [1.54, 1.807) is 0 Å². The SMILES string of the molecule is C=CC(=O)OCCCCN(C(C)C)C(C)C. The van der Waals surface area contributed by atoms with Crippen molar-refractivity contribution in [3.05, 3.63) is 12.7 Å². The van der Waals surface area contributed by atoms with E-state index in [2.05, 4.69) is 39.2 Å². The quantitative estimate of drug-likeness (QED) is 0.363. The minimum Gasteiger partial charge on any atom is -0.463 e. The third-order valence-electron chi connectivity index (χ3n) is 2.55. The van der Waals surface area contributed by atoms with E-state index in [-0.39, 0.29) is 5.97 Å². The van der Waals surface area contributed by atoms with Crippen LogP contribution >= 0.6 is 0 Å². The summed E-state index contributed by atoms with van der Waals surface area (Å²) in [5.74, 6) is -0.329. The molecule has 94 valence electrons. The molecular weight excluding hydrogens is 202 g/mol. The fourth-order valence-electron chi connectivity index (χ4n) is 1.74. The molecule has 0 heterocycles. The molecule has 16 heavy (non-hydrogen) atoms. The molecule has 0 bridgehead atoms. The van der Waals surface area contributed by atoms with Crippen LogP contribution in [0.25, 0.3) is 0 Å². The van der Waals surface area contributed by atoms with E-state index in [1.165, 1.54) is 6.08 Å². The maximum absolute atomic E-state index is 10.8. The third kappa shape index (κ3) is 6.62. The summed E-state index contributed by atoms with van der Waals surface area (Å²) in [6.45, 7) is 13.7. The van der Waals surface area contributed by atoms with Crippen LogP contribution in [0.2, 0.25) is 0 Å². The lowest BCUT2D eigenvalue weighted by Crippen LogP contribution is -2.37. The number of unbranched alkanes of at least 4 members (excludes halogenated alkanes) is 1. The summed E-state index contributed by atoms with van der Waals surface area (Å²) in [6, 6.07) is 1.13. The molecule has 0 aliphatic heterocycles. The molecule has 0 saturated carbocycles. The largest absolute Gasteiger partial charge is 0.463 e. The first-order chi connectivity index (χ1) is 7.49. The normalized spacial score (nSPS) is 11.2. The van der Waals surface area contributed by atoms with Gasteiger partial charge in [-0.15, -0.1) is 0 Å². The smallest absolute Gasteiger partial charge is 0.330 e. The van der Waals surface area contributed by atoms with Gasteiger partial charge in [0.1, 0.15) is 0 Å². The van der Waals surface area contributed by atoms with Crippen LogP contribution in [0.4, 0.5) is 0 Å². The number of hydrogen-bond acceptors (Lipinski definition) is 3. The number of hydrogen-bond donors (Lipinski definition) is 0. The Labute approximate surface area is 99.5 Å². The van der Waals surface area contributed by atoms with E-state index < -0.39 is 0 Å². The molecule has 3 nitrogen and oxygen atoms in total. The predicted molar refractivity (Wildman–Crippen MR) is 67.4 cm³/mol. The highest BCUT2D eigenvalue weighted by Crippen LogP contribution is 2.06. The molecule has 0 spiro atoms. The summed E-state index contributed by atoms with van der Waals surface area (Å²) < 4.78 is 4.92. The van der Waals surface area contributed by atoms with Crippen molar-refractivity contribution in [1.82, 2.24) is 4.90 Å². The standard InChI is InChI=1S/C13H25NO2/c1-6-13(15)16-10-8-7-9-14(11(2)3)12(4)5/h6,11-12H,1,7-10H2,2-5H3. The van der Waals surface area contributed by atoms with Gasteiger partial charge in [0, 0.05) is 18.2 Å². The number of rotatable bonds is 8. The Morgan fingerprint density at radius 1 is 1.25 bits per heavy atom. The molecule has 0 aromatic heterocycles. The molecule has 0 aliphatic rings. The minimum absolute atomic E-state index is 0.329. The van der Waals surface area contributed by atoms with Crippen LogP contribution < -0.4 is 0 Å². The van der Waals surface area contributed by atoms with Crippen LogP contribution in [0.3, 0.4) is 0 Å². The van der Waals surface area contributed by atoms with E-state index in [4.69, 9.17) is 4.74 Å². The first-order valence-electron chi connectivity index (χ1n) is 6.04. The van der Waals surface area contributed by atoms with Crippen molar-refractivity contribution in [3.8, 4) is 0 Å². The maximum Gasteiger partial charge on any atom is 0.330 e. The maximum atomic E-state index is 10.8. The lowest BCUT2D eigenvalue weighted by molar-refractivity contribution is -0.137. The van der Waals surface area contributed by atoms with E-state index in [9.17, 15) is 4.79 Å². The van der Waals surface area contributed by atoms with Gasteiger partial charge in [-0.05, 0) is 47.1 Å². The third-order valence-corrected chi connectivity index (χ3v) is 2.55. The monoisotopic (exact) mass is 227 g/mol. The Morgan fingerprint density at radius 2 is 1.81 bits per heavy atom. The molecule has 0 aromatic carbocycles. The first kappa shape index (κ1) is 15.2. The summed E-state index contributed by atoms with van der Waals surface area (Å²) in [6.07, 6.45) is 3.17. The molecule has 0 amide bonds. The van der Waals surface area contributed by atoms with Gasteiger partial charge < -0.3 is 4.74 Å². The number of esters is 1. The molecule has 0 aliphatic carbocycles. The van der Waals surface area contributed by atoms with Crippen LogP contribution in [0.1, 0.15) is 40.5 Å². The van der Waals surface area contributed by atoms with Gasteiger partial charge in [-0.3, -0.25) is 4.90 Å².